The van der Waals surface area contributed by atoms with Gasteiger partial charge in [0, 0.05) is 18.1 Å². The van der Waals surface area contributed by atoms with Crippen molar-refractivity contribution in [3.05, 3.63) is 58.5 Å². The van der Waals surface area contributed by atoms with Gasteiger partial charge in [-0.2, -0.15) is 0 Å². The second-order valence-corrected chi connectivity index (χ2v) is 7.09. The van der Waals surface area contributed by atoms with Gasteiger partial charge >= 0.3 is 0 Å². The van der Waals surface area contributed by atoms with Crippen molar-refractivity contribution in [2.45, 2.75) is 13.8 Å². The maximum atomic E-state index is 12.8. The Morgan fingerprint density at radius 3 is 2.29 bits per heavy atom. The number of hydrogen-bond donors (Lipinski definition) is 1. The summed E-state index contributed by atoms with van der Waals surface area (Å²) in [4.78, 5) is 29.8. The third-order valence-electron chi connectivity index (χ3n) is 4.19. The van der Waals surface area contributed by atoms with Crippen LogP contribution in [-0.4, -0.2) is 30.9 Å². The van der Waals surface area contributed by atoms with Crippen LogP contribution in [0.1, 0.15) is 32.5 Å². The number of nitrogens with zero attached hydrogens (tertiary/aromatic N) is 1. The van der Waals surface area contributed by atoms with Crippen molar-refractivity contribution >= 4 is 28.2 Å². The van der Waals surface area contributed by atoms with Crippen molar-refractivity contribution in [3.8, 4) is 22.8 Å². The zero-order valence-corrected chi connectivity index (χ0v) is 16.8. The Morgan fingerprint density at radius 1 is 1.04 bits per heavy atom. The summed E-state index contributed by atoms with van der Waals surface area (Å²) in [5.74, 6) is 0.587. The molecule has 0 saturated heterocycles. The molecule has 1 amide bonds. The van der Waals surface area contributed by atoms with E-state index in [-0.39, 0.29) is 11.7 Å². The molecule has 1 aromatic heterocycles. The molecule has 3 aromatic rings. The lowest BCUT2D eigenvalue weighted by Crippen LogP contribution is -2.13. The summed E-state index contributed by atoms with van der Waals surface area (Å²) in [6.45, 7) is 3.30. The standard InChI is InChI=1S/C21H20N2O4S/c1-12-10-16(26-3)17(27-4)11-15(12)20(25)23-21-22-18(19(28-21)13(2)24)14-8-6-5-7-9-14/h5-11H,1-4H3,(H,22,23,25). The number of ether oxygens (including phenoxy) is 2. The van der Waals surface area contributed by atoms with Crippen molar-refractivity contribution in [2.75, 3.05) is 19.5 Å². The average molecular weight is 396 g/mol. The molecule has 1 N–H and O–H groups in total. The van der Waals surface area contributed by atoms with Crippen LogP contribution in [0.4, 0.5) is 5.13 Å². The van der Waals surface area contributed by atoms with Crippen LogP contribution in [0.3, 0.4) is 0 Å². The second kappa shape index (κ2) is 8.22. The molecule has 0 aliphatic heterocycles. The van der Waals surface area contributed by atoms with Gasteiger partial charge < -0.3 is 9.47 Å². The number of carbonyl (C=O) groups excluding carboxylic acids is 2. The Balaban J connectivity index is 1.94. The molecule has 28 heavy (non-hydrogen) atoms. The third-order valence-corrected chi connectivity index (χ3v) is 5.26. The van der Waals surface area contributed by atoms with Gasteiger partial charge in [0.05, 0.1) is 24.8 Å². The third kappa shape index (κ3) is 3.89. The normalized spacial score (nSPS) is 10.4. The van der Waals surface area contributed by atoms with Gasteiger partial charge in [-0.1, -0.05) is 41.7 Å². The zero-order valence-electron chi connectivity index (χ0n) is 16.0. The van der Waals surface area contributed by atoms with E-state index in [1.165, 1.54) is 14.0 Å². The number of carbonyl (C=O) groups is 2. The summed E-state index contributed by atoms with van der Waals surface area (Å²) in [7, 11) is 3.06. The van der Waals surface area contributed by atoms with Crippen molar-refractivity contribution < 1.29 is 19.1 Å². The van der Waals surface area contributed by atoms with Gasteiger partial charge in [-0.25, -0.2) is 4.98 Å². The predicted octanol–water partition coefficient (Wildman–Crippen LogP) is 4.59. The Kier molecular flexibility index (Phi) is 5.75. The van der Waals surface area contributed by atoms with Crippen LogP contribution >= 0.6 is 11.3 Å². The number of nitrogens with one attached hydrogen (secondary N) is 1. The first kappa shape index (κ1) is 19.6. The first-order valence-electron chi connectivity index (χ1n) is 8.55. The predicted molar refractivity (Wildman–Crippen MR) is 110 cm³/mol. The van der Waals surface area contributed by atoms with E-state index in [4.69, 9.17) is 9.47 Å². The number of thiazole rings is 1. The molecule has 144 valence electrons. The minimum absolute atomic E-state index is 0.0980. The van der Waals surface area contributed by atoms with Gasteiger partial charge in [0.2, 0.25) is 0 Å². The van der Waals surface area contributed by atoms with E-state index >= 15 is 0 Å². The van der Waals surface area contributed by atoms with Gasteiger partial charge in [-0.15, -0.1) is 0 Å². The van der Waals surface area contributed by atoms with E-state index in [9.17, 15) is 9.59 Å². The highest BCUT2D eigenvalue weighted by atomic mass is 32.1. The Labute approximate surface area is 167 Å². The molecule has 0 bridgehead atoms. The summed E-state index contributed by atoms with van der Waals surface area (Å²) in [5.41, 5.74) is 2.57. The van der Waals surface area contributed by atoms with Crippen LogP contribution in [0.5, 0.6) is 11.5 Å². The first-order chi connectivity index (χ1) is 13.4. The van der Waals surface area contributed by atoms with E-state index in [0.717, 1.165) is 22.5 Å². The van der Waals surface area contributed by atoms with E-state index in [0.29, 0.717) is 32.8 Å². The lowest BCUT2D eigenvalue weighted by Gasteiger charge is -2.12. The number of Topliss-reactive ketones (excluding diaryl/α,β-unsaturated/α-hetero) is 1. The number of rotatable bonds is 6. The molecule has 0 spiro atoms. The molecule has 0 fully saturated rings. The number of aromatic nitrogens is 1. The van der Waals surface area contributed by atoms with Crippen LogP contribution in [-0.2, 0) is 0 Å². The van der Waals surface area contributed by atoms with Crippen molar-refractivity contribution in [1.82, 2.24) is 4.98 Å². The van der Waals surface area contributed by atoms with Crippen molar-refractivity contribution in [2.24, 2.45) is 0 Å². The van der Waals surface area contributed by atoms with E-state index < -0.39 is 0 Å². The van der Waals surface area contributed by atoms with Gasteiger partial charge in [0.15, 0.2) is 22.4 Å². The smallest absolute Gasteiger partial charge is 0.257 e. The SMILES string of the molecule is COc1cc(C)c(C(=O)Nc2nc(-c3ccccc3)c(C(C)=O)s2)cc1OC. The van der Waals surface area contributed by atoms with Gasteiger partial charge in [0.25, 0.3) is 5.91 Å². The average Bonchev–Trinajstić information content (AvgIpc) is 3.12. The number of amides is 1. The summed E-state index contributed by atoms with van der Waals surface area (Å²) in [6, 6.07) is 12.8. The number of methoxy groups -OCH3 is 2. The topological polar surface area (TPSA) is 77.5 Å². The molecule has 7 heteroatoms. The van der Waals surface area contributed by atoms with E-state index in [1.807, 2.05) is 37.3 Å². The van der Waals surface area contributed by atoms with Gasteiger partial charge in [-0.3, -0.25) is 14.9 Å². The molecule has 2 aromatic carbocycles. The fourth-order valence-electron chi connectivity index (χ4n) is 2.79. The molecule has 0 aliphatic carbocycles. The molecule has 0 aliphatic rings. The van der Waals surface area contributed by atoms with E-state index in [2.05, 4.69) is 10.3 Å². The highest BCUT2D eigenvalue weighted by Gasteiger charge is 2.20. The Hall–Kier alpha value is -3.19. The number of anilines is 1. The number of aryl methyl sites for hydroxylation is 1. The second-order valence-electron chi connectivity index (χ2n) is 6.10. The fraction of sp³-hybridized carbons (Fsp3) is 0.190. The minimum Gasteiger partial charge on any atom is -0.493 e. The van der Waals surface area contributed by atoms with Gasteiger partial charge in [-0.05, 0) is 24.6 Å². The number of ketones is 1. The van der Waals surface area contributed by atoms with Crippen molar-refractivity contribution in [1.29, 1.82) is 0 Å². The van der Waals surface area contributed by atoms with Crippen LogP contribution in [0.25, 0.3) is 11.3 Å². The maximum Gasteiger partial charge on any atom is 0.257 e. The van der Waals surface area contributed by atoms with E-state index in [1.54, 1.807) is 19.2 Å². The molecule has 0 atom stereocenters. The maximum absolute atomic E-state index is 12.8. The molecule has 1 heterocycles. The quantitative estimate of drug-likeness (QED) is 0.617. The zero-order chi connectivity index (χ0) is 20.3. The molecule has 0 radical (unpaired) electrons. The summed E-state index contributed by atoms with van der Waals surface area (Å²) in [5, 5.41) is 3.16. The molecule has 0 unspecified atom stereocenters. The summed E-state index contributed by atoms with van der Waals surface area (Å²) < 4.78 is 10.5. The number of hydrogen-bond acceptors (Lipinski definition) is 6. The fourth-order valence-corrected chi connectivity index (χ4v) is 3.67. The summed E-state index contributed by atoms with van der Waals surface area (Å²) in [6.07, 6.45) is 0. The highest BCUT2D eigenvalue weighted by Crippen LogP contribution is 2.33. The largest absolute Gasteiger partial charge is 0.493 e. The molecular formula is C21H20N2O4S. The Morgan fingerprint density at radius 2 is 1.68 bits per heavy atom. The molecule has 6 nitrogen and oxygen atoms in total. The molecular weight excluding hydrogens is 376 g/mol. The highest BCUT2D eigenvalue weighted by molar-refractivity contribution is 7.18. The Bertz CT molecular complexity index is 1030. The molecule has 3 rings (SSSR count). The van der Waals surface area contributed by atoms with Crippen LogP contribution in [0.2, 0.25) is 0 Å². The van der Waals surface area contributed by atoms with Crippen LogP contribution < -0.4 is 14.8 Å². The lowest BCUT2D eigenvalue weighted by molar-refractivity contribution is 0.101. The van der Waals surface area contributed by atoms with Crippen LogP contribution in [0.15, 0.2) is 42.5 Å². The summed E-state index contributed by atoms with van der Waals surface area (Å²) >= 11 is 1.16. The van der Waals surface area contributed by atoms with Crippen LogP contribution in [0, 0.1) is 6.92 Å². The number of benzene rings is 2. The lowest BCUT2D eigenvalue weighted by atomic mass is 10.1. The minimum atomic E-state index is -0.332. The first-order valence-corrected chi connectivity index (χ1v) is 9.37. The van der Waals surface area contributed by atoms with Crippen molar-refractivity contribution in [3.63, 3.8) is 0 Å². The van der Waals surface area contributed by atoms with Gasteiger partial charge in [0.1, 0.15) is 0 Å². The monoisotopic (exact) mass is 396 g/mol. The molecule has 0 saturated carbocycles.